The Morgan fingerprint density at radius 3 is 2.04 bits per heavy atom. The van der Waals surface area contributed by atoms with Crippen molar-refractivity contribution in [2.24, 2.45) is 4.99 Å². The zero-order valence-corrected chi connectivity index (χ0v) is 13.2. The van der Waals surface area contributed by atoms with E-state index in [0.29, 0.717) is 0 Å². The number of benzene rings is 3. The number of anilines is 1. The molecule has 3 heteroatoms. The van der Waals surface area contributed by atoms with Gasteiger partial charge >= 0.3 is 0 Å². The fourth-order valence-corrected chi connectivity index (χ4v) is 2.96. The third-order valence-corrected chi connectivity index (χ3v) is 4.29. The lowest BCUT2D eigenvalue weighted by molar-refractivity contribution is 0.628. The fourth-order valence-electron chi connectivity index (χ4n) is 2.96. The maximum Gasteiger partial charge on any atom is 0.123 e. The van der Waals surface area contributed by atoms with E-state index in [-0.39, 0.29) is 5.82 Å². The van der Waals surface area contributed by atoms with Gasteiger partial charge in [0, 0.05) is 25.0 Å². The largest absolute Gasteiger partial charge is 0.363 e. The summed E-state index contributed by atoms with van der Waals surface area (Å²) in [5.41, 5.74) is 5.79. The van der Waals surface area contributed by atoms with E-state index in [1.807, 2.05) is 0 Å². The molecule has 0 aromatic heterocycles. The van der Waals surface area contributed by atoms with Crippen molar-refractivity contribution in [1.29, 1.82) is 0 Å². The summed E-state index contributed by atoms with van der Waals surface area (Å²) in [5.74, 6) is -0.245. The van der Waals surface area contributed by atoms with Crippen molar-refractivity contribution in [2.75, 3.05) is 4.90 Å². The summed E-state index contributed by atoms with van der Waals surface area (Å²) >= 11 is 0. The van der Waals surface area contributed by atoms with Gasteiger partial charge in [-0.05, 0) is 53.1 Å². The van der Waals surface area contributed by atoms with Crippen LogP contribution in [0.4, 0.5) is 15.8 Å². The molecule has 2 nitrogen and oxygen atoms in total. The lowest BCUT2D eigenvalue weighted by Gasteiger charge is -2.17. The Labute approximate surface area is 140 Å². The van der Waals surface area contributed by atoms with Gasteiger partial charge < -0.3 is 4.90 Å². The van der Waals surface area contributed by atoms with Crippen LogP contribution >= 0.6 is 0 Å². The molecule has 1 heterocycles. The predicted octanol–water partition coefficient (Wildman–Crippen LogP) is 5.10. The van der Waals surface area contributed by atoms with Crippen LogP contribution in [0.2, 0.25) is 0 Å². The highest BCUT2D eigenvalue weighted by Crippen LogP contribution is 2.28. The van der Waals surface area contributed by atoms with Gasteiger partial charge in [-0.15, -0.1) is 0 Å². The van der Waals surface area contributed by atoms with E-state index < -0.39 is 0 Å². The molecule has 0 unspecified atom stereocenters. The number of hydrogen-bond acceptors (Lipinski definition) is 2. The van der Waals surface area contributed by atoms with Crippen LogP contribution in [0, 0.1) is 5.82 Å². The van der Waals surface area contributed by atoms with Crippen LogP contribution in [0.1, 0.15) is 16.7 Å². The number of halogens is 1. The van der Waals surface area contributed by atoms with Crippen LogP contribution in [0.25, 0.3) is 0 Å². The van der Waals surface area contributed by atoms with E-state index in [9.17, 15) is 4.39 Å². The summed E-state index contributed by atoms with van der Waals surface area (Å²) in [6.45, 7) is 1.92. The van der Waals surface area contributed by atoms with Gasteiger partial charge in [-0.1, -0.05) is 36.4 Å². The first-order valence-electron chi connectivity index (χ1n) is 7.99. The van der Waals surface area contributed by atoms with Gasteiger partial charge in [-0.25, -0.2) is 4.39 Å². The van der Waals surface area contributed by atoms with Crippen molar-refractivity contribution in [2.45, 2.75) is 13.1 Å². The van der Waals surface area contributed by atoms with E-state index in [2.05, 4.69) is 58.4 Å². The molecule has 0 fully saturated rings. The minimum absolute atomic E-state index is 0.245. The molecule has 0 radical (unpaired) electrons. The Kier molecular flexibility index (Phi) is 3.83. The third kappa shape index (κ3) is 3.06. The maximum absolute atomic E-state index is 12.9. The number of fused-ring (bicyclic) bond motifs is 1. The standard InChI is InChI=1S/C21H17FN2/c22-19-7-9-20(10-8-19)23-13-16-5-11-21(12-6-16)24-14-17-3-1-2-4-18(17)15-24/h1-13H,14-15H2. The summed E-state index contributed by atoms with van der Waals surface area (Å²) in [6, 6.07) is 23.1. The van der Waals surface area contributed by atoms with Crippen molar-refractivity contribution >= 4 is 17.6 Å². The van der Waals surface area contributed by atoms with Gasteiger partial charge in [0.2, 0.25) is 0 Å². The van der Waals surface area contributed by atoms with Gasteiger partial charge in [-0.2, -0.15) is 0 Å². The number of aliphatic imine (C=N–C) groups is 1. The summed E-state index contributed by atoms with van der Waals surface area (Å²) in [7, 11) is 0. The smallest absolute Gasteiger partial charge is 0.123 e. The molecule has 3 aromatic carbocycles. The zero-order chi connectivity index (χ0) is 16.4. The molecular formula is C21H17FN2. The highest BCUT2D eigenvalue weighted by molar-refractivity contribution is 5.82. The molecule has 0 amide bonds. The van der Waals surface area contributed by atoms with E-state index >= 15 is 0 Å². The van der Waals surface area contributed by atoms with Crippen LogP contribution in [0.15, 0.2) is 77.8 Å². The van der Waals surface area contributed by atoms with Crippen molar-refractivity contribution in [3.8, 4) is 0 Å². The molecule has 0 spiro atoms. The molecule has 0 aliphatic carbocycles. The normalized spacial score (nSPS) is 13.5. The number of hydrogen-bond donors (Lipinski definition) is 0. The summed E-state index contributed by atoms with van der Waals surface area (Å²) < 4.78 is 12.9. The first-order valence-corrected chi connectivity index (χ1v) is 7.99. The quantitative estimate of drug-likeness (QED) is 0.614. The van der Waals surface area contributed by atoms with Gasteiger partial charge in [-0.3, -0.25) is 4.99 Å². The molecule has 0 N–H and O–H groups in total. The lowest BCUT2D eigenvalue weighted by Crippen LogP contribution is -2.14. The maximum atomic E-state index is 12.9. The SMILES string of the molecule is Fc1ccc(N=Cc2ccc(N3Cc4ccccc4C3)cc2)cc1. The van der Waals surface area contributed by atoms with E-state index in [1.54, 1.807) is 18.3 Å². The Morgan fingerprint density at radius 1 is 0.792 bits per heavy atom. The first-order chi connectivity index (χ1) is 11.8. The van der Waals surface area contributed by atoms with Crippen molar-refractivity contribution in [3.63, 3.8) is 0 Å². The second-order valence-electron chi connectivity index (χ2n) is 5.95. The lowest BCUT2D eigenvalue weighted by atomic mass is 10.1. The Hall–Kier alpha value is -2.94. The Balaban J connectivity index is 1.46. The predicted molar refractivity (Wildman–Crippen MR) is 96.4 cm³/mol. The average Bonchev–Trinajstić information content (AvgIpc) is 3.06. The second-order valence-corrected chi connectivity index (χ2v) is 5.95. The van der Waals surface area contributed by atoms with Crippen molar-refractivity contribution < 1.29 is 4.39 Å². The highest BCUT2D eigenvalue weighted by Gasteiger charge is 2.18. The summed E-state index contributed by atoms with van der Waals surface area (Å²) in [4.78, 5) is 6.74. The van der Waals surface area contributed by atoms with Crippen LogP contribution < -0.4 is 4.90 Å². The third-order valence-electron chi connectivity index (χ3n) is 4.29. The van der Waals surface area contributed by atoms with Gasteiger partial charge in [0.15, 0.2) is 0 Å². The molecule has 0 atom stereocenters. The molecule has 4 rings (SSSR count). The van der Waals surface area contributed by atoms with Crippen molar-refractivity contribution in [3.05, 3.63) is 95.3 Å². The molecule has 3 aromatic rings. The van der Waals surface area contributed by atoms with E-state index in [4.69, 9.17) is 0 Å². The van der Waals surface area contributed by atoms with E-state index in [1.165, 1.54) is 28.9 Å². The summed E-state index contributed by atoms with van der Waals surface area (Å²) in [6.07, 6.45) is 1.80. The Morgan fingerprint density at radius 2 is 1.42 bits per heavy atom. The topological polar surface area (TPSA) is 15.6 Å². The first kappa shape index (κ1) is 14.6. The molecule has 118 valence electrons. The second kappa shape index (κ2) is 6.28. The fraction of sp³-hybridized carbons (Fsp3) is 0.0952. The number of rotatable bonds is 3. The molecule has 0 saturated carbocycles. The highest BCUT2D eigenvalue weighted by atomic mass is 19.1. The molecular weight excluding hydrogens is 299 g/mol. The number of nitrogens with zero attached hydrogens (tertiary/aromatic N) is 2. The molecule has 0 saturated heterocycles. The van der Waals surface area contributed by atoms with E-state index in [0.717, 1.165) is 24.3 Å². The van der Waals surface area contributed by atoms with Crippen molar-refractivity contribution in [1.82, 2.24) is 0 Å². The summed E-state index contributed by atoms with van der Waals surface area (Å²) in [5, 5.41) is 0. The minimum Gasteiger partial charge on any atom is -0.363 e. The van der Waals surface area contributed by atoms with Gasteiger partial charge in [0.1, 0.15) is 5.82 Å². The monoisotopic (exact) mass is 316 g/mol. The van der Waals surface area contributed by atoms with Crippen LogP contribution in [0.3, 0.4) is 0 Å². The molecule has 1 aliphatic rings. The molecule has 1 aliphatic heterocycles. The van der Waals surface area contributed by atoms with Gasteiger partial charge in [0.05, 0.1) is 5.69 Å². The Bertz CT molecular complexity index is 842. The zero-order valence-electron chi connectivity index (χ0n) is 13.2. The van der Waals surface area contributed by atoms with Crippen LogP contribution in [-0.4, -0.2) is 6.21 Å². The minimum atomic E-state index is -0.245. The van der Waals surface area contributed by atoms with Crippen LogP contribution in [-0.2, 0) is 13.1 Å². The molecule has 24 heavy (non-hydrogen) atoms. The van der Waals surface area contributed by atoms with Crippen LogP contribution in [0.5, 0.6) is 0 Å². The average molecular weight is 316 g/mol. The molecule has 0 bridgehead atoms. The van der Waals surface area contributed by atoms with Gasteiger partial charge in [0.25, 0.3) is 0 Å².